The predicted octanol–water partition coefficient (Wildman–Crippen LogP) is 4.01. The lowest BCUT2D eigenvalue weighted by Gasteiger charge is -2.26. The molecule has 1 aliphatic heterocycles. The normalized spacial score (nSPS) is 15.8. The lowest BCUT2D eigenvalue weighted by atomic mass is 10.1. The quantitative estimate of drug-likeness (QED) is 0.823. The summed E-state index contributed by atoms with van der Waals surface area (Å²) in [7, 11) is 0. The Bertz CT molecular complexity index is 397. The third-order valence-electron chi connectivity index (χ3n) is 2.76. The second-order valence-electron chi connectivity index (χ2n) is 4.14. The Morgan fingerprint density at radius 2 is 1.65 bits per heavy atom. The van der Waals surface area contributed by atoms with E-state index in [4.69, 9.17) is 23.2 Å². The minimum absolute atomic E-state index is 0.0805. The number of nitrogens with zero attached hydrogens (tertiary/aromatic N) is 1. The van der Waals surface area contributed by atoms with E-state index in [1.165, 1.54) is 6.42 Å². The largest absolute Gasteiger partial charge is 0.325 e. The fraction of sp³-hybridized carbons (Fsp3) is 0.417. The zero-order valence-electron chi connectivity index (χ0n) is 9.38. The van der Waals surface area contributed by atoms with Crippen LogP contribution >= 0.6 is 23.2 Å². The van der Waals surface area contributed by atoms with Crippen LogP contribution in [0.1, 0.15) is 19.3 Å². The number of likely N-dealkylation sites (tertiary alicyclic amines) is 1. The summed E-state index contributed by atoms with van der Waals surface area (Å²) in [5, 5.41) is 3.85. The zero-order chi connectivity index (χ0) is 12.3. The molecule has 1 saturated heterocycles. The number of amides is 2. The minimum atomic E-state index is -0.0805. The number of benzene rings is 1. The minimum Gasteiger partial charge on any atom is -0.325 e. The van der Waals surface area contributed by atoms with Crippen molar-refractivity contribution in [2.45, 2.75) is 19.3 Å². The van der Waals surface area contributed by atoms with Gasteiger partial charge in [0.2, 0.25) is 0 Å². The van der Waals surface area contributed by atoms with E-state index in [0.717, 1.165) is 25.9 Å². The van der Waals surface area contributed by atoms with Gasteiger partial charge < -0.3 is 10.2 Å². The van der Waals surface area contributed by atoms with E-state index < -0.39 is 0 Å². The zero-order valence-corrected chi connectivity index (χ0v) is 10.9. The Kier molecular flexibility index (Phi) is 4.13. The highest BCUT2D eigenvalue weighted by atomic mass is 35.5. The highest BCUT2D eigenvalue weighted by molar-refractivity contribution is 6.35. The topological polar surface area (TPSA) is 32.3 Å². The monoisotopic (exact) mass is 272 g/mol. The van der Waals surface area contributed by atoms with Gasteiger partial charge in [-0.2, -0.15) is 0 Å². The van der Waals surface area contributed by atoms with Crippen molar-refractivity contribution in [2.75, 3.05) is 18.4 Å². The molecule has 0 radical (unpaired) electrons. The molecule has 0 bridgehead atoms. The number of nitrogens with one attached hydrogen (secondary N) is 1. The van der Waals surface area contributed by atoms with E-state index in [2.05, 4.69) is 5.32 Å². The van der Waals surface area contributed by atoms with Gasteiger partial charge in [-0.05, 0) is 37.5 Å². The maximum Gasteiger partial charge on any atom is 0.321 e. The van der Waals surface area contributed by atoms with E-state index in [-0.39, 0.29) is 6.03 Å². The van der Waals surface area contributed by atoms with Crippen LogP contribution in [0.15, 0.2) is 18.2 Å². The molecule has 0 atom stereocenters. The van der Waals surface area contributed by atoms with Crippen molar-refractivity contribution in [1.82, 2.24) is 4.90 Å². The molecular weight excluding hydrogens is 259 g/mol. The van der Waals surface area contributed by atoms with Crippen molar-refractivity contribution in [2.24, 2.45) is 0 Å². The van der Waals surface area contributed by atoms with Crippen LogP contribution in [0.25, 0.3) is 0 Å². The summed E-state index contributed by atoms with van der Waals surface area (Å²) in [4.78, 5) is 13.7. The Balaban J connectivity index is 2.01. The third-order valence-corrected chi connectivity index (χ3v) is 3.19. The Labute approximate surface area is 111 Å². The van der Waals surface area contributed by atoms with Crippen LogP contribution in [0.3, 0.4) is 0 Å². The first-order valence-electron chi connectivity index (χ1n) is 5.67. The van der Waals surface area contributed by atoms with Gasteiger partial charge in [0.05, 0.1) is 0 Å². The van der Waals surface area contributed by atoms with E-state index >= 15 is 0 Å². The fourth-order valence-electron chi connectivity index (χ4n) is 1.93. The highest BCUT2D eigenvalue weighted by Crippen LogP contribution is 2.23. The molecule has 0 spiro atoms. The summed E-state index contributed by atoms with van der Waals surface area (Å²) in [6, 6.07) is 4.94. The van der Waals surface area contributed by atoms with E-state index in [1.807, 2.05) is 4.90 Å². The van der Waals surface area contributed by atoms with Gasteiger partial charge in [-0.3, -0.25) is 0 Å². The second-order valence-corrected chi connectivity index (χ2v) is 5.01. The van der Waals surface area contributed by atoms with Gasteiger partial charge in [-0.25, -0.2) is 4.79 Å². The molecule has 1 aliphatic rings. The average Bonchev–Trinajstić information content (AvgIpc) is 2.28. The molecule has 1 N–H and O–H groups in total. The van der Waals surface area contributed by atoms with Gasteiger partial charge in [0, 0.05) is 28.8 Å². The number of anilines is 1. The molecule has 92 valence electrons. The number of hydrogen-bond acceptors (Lipinski definition) is 1. The van der Waals surface area contributed by atoms with Crippen molar-refractivity contribution >= 4 is 34.9 Å². The maximum absolute atomic E-state index is 11.9. The molecule has 2 amide bonds. The second kappa shape index (κ2) is 5.61. The predicted molar refractivity (Wildman–Crippen MR) is 70.9 cm³/mol. The molecule has 3 nitrogen and oxygen atoms in total. The van der Waals surface area contributed by atoms with Crippen LogP contribution in [-0.2, 0) is 0 Å². The summed E-state index contributed by atoms with van der Waals surface area (Å²) in [5.41, 5.74) is 0.637. The number of carbonyl (C=O) groups is 1. The van der Waals surface area contributed by atoms with E-state index in [9.17, 15) is 4.79 Å². The number of urea groups is 1. The van der Waals surface area contributed by atoms with Crippen LogP contribution in [0.2, 0.25) is 10.0 Å². The van der Waals surface area contributed by atoms with Gasteiger partial charge in [0.15, 0.2) is 0 Å². The fourth-order valence-corrected chi connectivity index (χ4v) is 2.45. The summed E-state index contributed by atoms with van der Waals surface area (Å²) < 4.78 is 0. The first kappa shape index (κ1) is 12.5. The van der Waals surface area contributed by atoms with Crippen LogP contribution < -0.4 is 5.32 Å². The first-order chi connectivity index (χ1) is 8.15. The summed E-state index contributed by atoms with van der Waals surface area (Å²) in [5.74, 6) is 0. The molecule has 5 heteroatoms. The molecule has 1 fully saturated rings. The number of rotatable bonds is 1. The van der Waals surface area contributed by atoms with Gasteiger partial charge >= 0.3 is 6.03 Å². The van der Waals surface area contributed by atoms with E-state index in [1.54, 1.807) is 18.2 Å². The van der Waals surface area contributed by atoms with Gasteiger partial charge in [0.1, 0.15) is 0 Å². The smallest absolute Gasteiger partial charge is 0.321 e. The molecule has 0 aromatic heterocycles. The number of piperidine rings is 1. The van der Waals surface area contributed by atoms with Crippen LogP contribution in [0, 0.1) is 0 Å². The summed E-state index contributed by atoms with van der Waals surface area (Å²) >= 11 is 11.7. The van der Waals surface area contributed by atoms with Crippen molar-refractivity contribution in [3.8, 4) is 0 Å². The average molecular weight is 273 g/mol. The van der Waals surface area contributed by atoms with Gasteiger partial charge in [-0.15, -0.1) is 0 Å². The molecule has 1 aromatic rings. The highest BCUT2D eigenvalue weighted by Gasteiger charge is 2.16. The molecular formula is C12H14Cl2N2O. The third kappa shape index (κ3) is 3.51. The first-order valence-corrected chi connectivity index (χ1v) is 6.43. The van der Waals surface area contributed by atoms with Crippen LogP contribution in [0.5, 0.6) is 0 Å². The summed E-state index contributed by atoms with van der Waals surface area (Å²) in [6.07, 6.45) is 3.35. The lowest BCUT2D eigenvalue weighted by Crippen LogP contribution is -2.38. The Hall–Kier alpha value is -0.930. The Morgan fingerprint density at radius 3 is 2.24 bits per heavy atom. The standard InChI is InChI=1S/C12H14Cl2N2O/c13-9-6-10(14)8-11(7-9)15-12(17)16-4-2-1-3-5-16/h6-8H,1-5H2,(H,15,17). The summed E-state index contributed by atoms with van der Waals surface area (Å²) in [6.45, 7) is 1.64. The molecule has 17 heavy (non-hydrogen) atoms. The molecule has 1 heterocycles. The molecule has 1 aromatic carbocycles. The molecule has 0 saturated carbocycles. The number of halogens is 2. The van der Waals surface area contributed by atoms with Gasteiger partial charge in [-0.1, -0.05) is 23.2 Å². The van der Waals surface area contributed by atoms with Crippen molar-refractivity contribution in [1.29, 1.82) is 0 Å². The molecule has 0 aliphatic carbocycles. The number of carbonyl (C=O) groups excluding carboxylic acids is 1. The van der Waals surface area contributed by atoms with E-state index in [0.29, 0.717) is 15.7 Å². The van der Waals surface area contributed by atoms with Crippen molar-refractivity contribution in [3.05, 3.63) is 28.2 Å². The van der Waals surface area contributed by atoms with Crippen LogP contribution in [0.4, 0.5) is 10.5 Å². The van der Waals surface area contributed by atoms with Crippen LogP contribution in [-0.4, -0.2) is 24.0 Å². The lowest BCUT2D eigenvalue weighted by molar-refractivity contribution is 0.200. The molecule has 0 unspecified atom stereocenters. The van der Waals surface area contributed by atoms with Crippen molar-refractivity contribution in [3.63, 3.8) is 0 Å². The van der Waals surface area contributed by atoms with Crippen molar-refractivity contribution < 1.29 is 4.79 Å². The Morgan fingerprint density at radius 1 is 1.06 bits per heavy atom. The molecule has 2 rings (SSSR count). The number of hydrogen-bond donors (Lipinski definition) is 1. The SMILES string of the molecule is O=C(Nc1cc(Cl)cc(Cl)c1)N1CCCCC1. The van der Waals surface area contributed by atoms with Gasteiger partial charge in [0.25, 0.3) is 0 Å². The maximum atomic E-state index is 11.9.